The molecule has 0 aliphatic rings. The third kappa shape index (κ3) is 5.60. The van der Waals surface area contributed by atoms with Crippen LogP contribution >= 0.6 is 12.4 Å². The standard InChI is InChI=1S/C8H15NO3.ClH/c1-5(2)4-6(10)7(9)8(11)12-3;/h5,7H,4,9H2,1-3H3;1H/t7-;/m0./s1. The third-order valence-electron chi connectivity index (χ3n) is 1.41. The van der Waals surface area contributed by atoms with E-state index in [0.717, 1.165) is 0 Å². The number of nitrogens with two attached hydrogens (primary N) is 1. The first kappa shape index (κ1) is 14.9. The molecule has 0 aromatic rings. The predicted octanol–water partition coefficient (Wildman–Crippen LogP) is 0.524. The number of Topliss-reactive ketones (excluding diaryl/α,β-unsaturated/α-hetero) is 1. The topological polar surface area (TPSA) is 69.4 Å². The summed E-state index contributed by atoms with van der Waals surface area (Å²) in [7, 11) is 1.21. The van der Waals surface area contributed by atoms with Gasteiger partial charge in [-0.15, -0.1) is 12.4 Å². The van der Waals surface area contributed by atoms with E-state index in [2.05, 4.69) is 4.74 Å². The van der Waals surface area contributed by atoms with Gasteiger partial charge in [-0.1, -0.05) is 13.8 Å². The monoisotopic (exact) mass is 209 g/mol. The van der Waals surface area contributed by atoms with Gasteiger partial charge in [-0.2, -0.15) is 0 Å². The van der Waals surface area contributed by atoms with Crippen molar-refractivity contribution in [3.63, 3.8) is 0 Å². The summed E-state index contributed by atoms with van der Waals surface area (Å²) in [6.45, 7) is 3.78. The average Bonchev–Trinajstić information content (AvgIpc) is 2.00. The highest BCUT2D eigenvalue weighted by Gasteiger charge is 2.22. The SMILES string of the molecule is COC(=O)[C@@H](N)C(=O)CC(C)C.Cl. The van der Waals surface area contributed by atoms with Crippen molar-refractivity contribution >= 4 is 24.2 Å². The molecule has 78 valence electrons. The summed E-state index contributed by atoms with van der Waals surface area (Å²) in [6.07, 6.45) is 0.316. The first-order valence-electron chi connectivity index (χ1n) is 3.85. The van der Waals surface area contributed by atoms with Gasteiger partial charge in [0.15, 0.2) is 11.8 Å². The number of ketones is 1. The first-order chi connectivity index (χ1) is 5.49. The molecule has 0 aromatic heterocycles. The van der Waals surface area contributed by atoms with Crippen molar-refractivity contribution in [2.75, 3.05) is 7.11 Å². The van der Waals surface area contributed by atoms with Gasteiger partial charge in [-0.25, -0.2) is 4.79 Å². The highest BCUT2D eigenvalue weighted by Crippen LogP contribution is 2.02. The molecular formula is C8H16ClNO3. The van der Waals surface area contributed by atoms with E-state index in [4.69, 9.17) is 5.73 Å². The number of halogens is 1. The molecule has 1 atom stereocenters. The summed E-state index contributed by atoms with van der Waals surface area (Å²) < 4.78 is 4.33. The van der Waals surface area contributed by atoms with Crippen LogP contribution < -0.4 is 5.73 Å². The maximum Gasteiger partial charge on any atom is 0.330 e. The molecule has 0 unspecified atom stereocenters. The zero-order chi connectivity index (χ0) is 9.72. The van der Waals surface area contributed by atoms with Gasteiger partial charge >= 0.3 is 5.97 Å². The Morgan fingerprint density at radius 2 is 1.85 bits per heavy atom. The van der Waals surface area contributed by atoms with Gasteiger partial charge in [-0.05, 0) is 5.92 Å². The largest absolute Gasteiger partial charge is 0.468 e. The van der Waals surface area contributed by atoms with Crippen LogP contribution in [0.5, 0.6) is 0 Å². The molecule has 0 radical (unpaired) electrons. The Hall–Kier alpha value is -0.610. The lowest BCUT2D eigenvalue weighted by molar-refractivity contribution is -0.145. The Bertz CT molecular complexity index is 182. The second-order valence-electron chi connectivity index (χ2n) is 3.07. The normalized spacial score (nSPS) is 11.8. The molecule has 0 bridgehead atoms. The zero-order valence-corrected chi connectivity index (χ0v) is 8.89. The van der Waals surface area contributed by atoms with Crippen LogP contribution in [0.2, 0.25) is 0 Å². The Balaban J connectivity index is 0. The van der Waals surface area contributed by atoms with E-state index in [1.54, 1.807) is 0 Å². The van der Waals surface area contributed by atoms with E-state index < -0.39 is 12.0 Å². The maximum absolute atomic E-state index is 11.1. The fourth-order valence-corrected chi connectivity index (χ4v) is 0.788. The summed E-state index contributed by atoms with van der Waals surface area (Å²) >= 11 is 0. The van der Waals surface area contributed by atoms with E-state index in [-0.39, 0.29) is 24.1 Å². The van der Waals surface area contributed by atoms with Crippen molar-refractivity contribution in [3.8, 4) is 0 Å². The van der Waals surface area contributed by atoms with Crippen LogP contribution in [0.4, 0.5) is 0 Å². The highest BCUT2D eigenvalue weighted by atomic mass is 35.5. The minimum Gasteiger partial charge on any atom is -0.468 e. The molecule has 2 N–H and O–H groups in total. The van der Waals surface area contributed by atoms with Gasteiger partial charge in [0.2, 0.25) is 0 Å². The summed E-state index contributed by atoms with van der Waals surface area (Å²) in [4.78, 5) is 21.9. The molecule has 13 heavy (non-hydrogen) atoms. The number of rotatable bonds is 4. The number of carbonyl (C=O) groups is 2. The molecule has 0 rings (SSSR count). The Morgan fingerprint density at radius 3 is 2.15 bits per heavy atom. The lowest BCUT2D eigenvalue weighted by atomic mass is 10.0. The molecule has 0 spiro atoms. The Morgan fingerprint density at radius 1 is 1.38 bits per heavy atom. The van der Waals surface area contributed by atoms with Crippen molar-refractivity contribution in [2.45, 2.75) is 26.3 Å². The van der Waals surface area contributed by atoms with Crippen molar-refractivity contribution in [2.24, 2.45) is 11.7 Å². The van der Waals surface area contributed by atoms with E-state index in [1.165, 1.54) is 7.11 Å². The number of ether oxygens (including phenoxy) is 1. The summed E-state index contributed by atoms with van der Waals surface area (Å²) in [6, 6.07) is -1.11. The third-order valence-corrected chi connectivity index (χ3v) is 1.41. The molecular weight excluding hydrogens is 194 g/mol. The van der Waals surface area contributed by atoms with Gasteiger partial charge in [0.1, 0.15) is 0 Å². The van der Waals surface area contributed by atoms with Crippen molar-refractivity contribution in [1.29, 1.82) is 0 Å². The maximum atomic E-state index is 11.1. The zero-order valence-electron chi connectivity index (χ0n) is 8.07. The highest BCUT2D eigenvalue weighted by molar-refractivity contribution is 6.02. The van der Waals surface area contributed by atoms with E-state index >= 15 is 0 Å². The van der Waals surface area contributed by atoms with E-state index in [0.29, 0.717) is 6.42 Å². The number of hydrogen-bond acceptors (Lipinski definition) is 4. The van der Waals surface area contributed by atoms with Crippen LogP contribution in [0.25, 0.3) is 0 Å². The smallest absolute Gasteiger partial charge is 0.330 e. The van der Waals surface area contributed by atoms with Crippen LogP contribution in [-0.2, 0) is 14.3 Å². The van der Waals surface area contributed by atoms with Gasteiger partial charge in [0, 0.05) is 6.42 Å². The minimum absolute atomic E-state index is 0. The Kier molecular flexibility index (Phi) is 7.85. The molecule has 0 aromatic carbocycles. The fraction of sp³-hybridized carbons (Fsp3) is 0.750. The second-order valence-corrected chi connectivity index (χ2v) is 3.07. The molecule has 0 aliphatic heterocycles. The van der Waals surface area contributed by atoms with Crippen LogP contribution in [-0.4, -0.2) is 24.9 Å². The number of hydrogen-bond donors (Lipinski definition) is 1. The number of esters is 1. The number of methoxy groups -OCH3 is 1. The predicted molar refractivity (Wildman–Crippen MR) is 51.7 cm³/mol. The first-order valence-corrected chi connectivity index (χ1v) is 3.85. The molecule has 4 nitrogen and oxygen atoms in total. The van der Waals surface area contributed by atoms with Gasteiger partial charge < -0.3 is 10.5 Å². The molecule has 0 fully saturated rings. The minimum atomic E-state index is -1.11. The molecule has 5 heteroatoms. The number of carbonyl (C=O) groups excluding carboxylic acids is 2. The van der Waals surface area contributed by atoms with Crippen molar-refractivity contribution in [3.05, 3.63) is 0 Å². The molecule has 0 heterocycles. The van der Waals surface area contributed by atoms with Crippen LogP contribution in [0.15, 0.2) is 0 Å². The molecule has 0 amide bonds. The quantitative estimate of drug-likeness (QED) is 0.542. The fourth-order valence-electron chi connectivity index (χ4n) is 0.788. The average molecular weight is 210 g/mol. The van der Waals surface area contributed by atoms with Crippen LogP contribution in [0.1, 0.15) is 20.3 Å². The summed E-state index contributed by atoms with van der Waals surface area (Å²) in [5.74, 6) is -0.717. The van der Waals surface area contributed by atoms with Gasteiger partial charge in [0.25, 0.3) is 0 Å². The lowest BCUT2D eigenvalue weighted by Crippen LogP contribution is -2.39. The molecule has 0 saturated heterocycles. The van der Waals surface area contributed by atoms with E-state index in [9.17, 15) is 9.59 Å². The summed E-state index contributed by atoms with van der Waals surface area (Å²) in [5, 5.41) is 0. The molecule has 0 aliphatic carbocycles. The second kappa shape index (κ2) is 6.86. The van der Waals surface area contributed by atoms with Gasteiger partial charge in [0.05, 0.1) is 7.11 Å². The Labute approximate surface area is 84.2 Å². The van der Waals surface area contributed by atoms with E-state index in [1.807, 2.05) is 13.8 Å². The summed E-state index contributed by atoms with van der Waals surface area (Å²) in [5.41, 5.74) is 5.30. The van der Waals surface area contributed by atoms with Gasteiger partial charge in [-0.3, -0.25) is 4.79 Å². The van der Waals surface area contributed by atoms with Crippen LogP contribution in [0, 0.1) is 5.92 Å². The van der Waals surface area contributed by atoms with Crippen molar-refractivity contribution in [1.82, 2.24) is 0 Å². The molecule has 0 saturated carbocycles. The van der Waals surface area contributed by atoms with Crippen molar-refractivity contribution < 1.29 is 14.3 Å². The lowest BCUT2D eigenvalue weighted by Gasteiger charge is -2.09. The van der Waals surface area contributed by atoms with Crippen LogP contribution in [0.3, 0.4) is 0 Å².